The molecule has 0 aliphatic heterocycles. The van der Waals surface area contributed by atoms with E-state index in [1.807, 2.05) is 6.07 Å². The first kappa shape index (κ1) is 20.5. The molecular formula is C20H30O6. The zero-order valence-electron chi connectivity index (χ0n) is 16.8. The Morgan fingerprint density at radius 3 is 2.23 bits per heavy atom. The first-order valence-corrected chi connectivity index (χ1v) is 8.84. The maximum Gasteiger partial charge on any atom is 0.316 e. The second kappa shape index (κ2) is 8.27. The topological polar surface area (TPSA) is 63.2 Å². The predicted octanol–water partition coefficient (Wildman–Crippen LogP) is 3.69. The van der Waals surface area contributed by atoms with Crippen LogP contribution in [0, 0.1) is 5.41 Å². The number of aryl methyl sites for hydroxylation is 1. The summed E-state index contributed by atoms with van der Waals surface area (Å²) in [5.74, 6) is 0.954. The Labute approximate surface area is 155 Å². The number of ether oxygens (including phenoxy) is 5. The number of methoxy groups -OCH3 is 4. The summed E-state index contributed by atoms with van der Waals surface area (Å²) < 4.78 is 27.9. The Bertz CT molecular complexity index is 643. The van der Waals surface area contributed by atoms with E-state index in [0.29, 0.717) is 17.2 Å². The zero-order valence-corrected chi connectivity index (χ0v) is 16.8. The summed E-state index contributed by atoms with van der Waals surface area (Å²) in [5.41, 5.74) is 1.42. The summed E-state index contributed by atoms with van der Waals surface area (Å²) >= 11 is 0. The highest BCUT2D eigenvalue weighted by Gasteiger charge is 2.36. The van der Waals surface area contributed by atoms with Crippen molar-refractivity contribution in [1.82, 2.24) is 0 Å². The number of rotatable bonds is 6. The lowest BCUT2D eigenvalue weighted by molar-refractivity contribution is -0.143. The van der Waals surface area contributed by atoms with Gasteiger partial charge in [-0.2, -0.15) is 0 Å². The van der Waals surface area contributed by atoms with Gasteiger partial charge in [0.25, 0.3) is 0 Å². The summed E-state index contributed by atoms with van der Waals surface area (Å²) in [7, 11) is 6.38. The van der Waals surface area contributed by atoms with Crippen molar-refractivity contribution in [3.63, 3.8) is 0 Å². The largest absolute Gasteiger partial charge is 0.493 e. The molecule has 0 heterocycles. The molecule has 1 unspecified atom stereocenters. The quantitative estimate of drug-likeness (QED) is 0.435. The Balaban J connectivity index is 2.62. The summed E-state index contributed by atoms with van der Waals surface area (Å²) in [6.45, 7) is 5.42. The van der Waals surface area contributed by atoms with Crippen molar-refractivity contribution in [2.45, 2.75) is 52.2 Å². The SMILES string of the molecule is COc1cc2c(c(OC)c1OC(=O)C(C)(C)C)C(C(OC)OC)CCC2. The van der Waals surface area contributed by atoms with E-state index in [4.69, 9.17) is 23.7 Å². The summed E-state index contributed by atoms with van der Waals surface area (Å²) in [6, 6.07) is 1.93. The molecule has 1 aromatic rings. The summed E-state index contributed by atoms with van der Waals surface area (Å²) in [5, 5.41) is 0. The number of carbonyl (C=O) groups is 1. The van der Waals surface area contributed by atoms with Gasteiger partial charge in [0.2, 0.25) is 5.75 Å². The second-order valence-electron chi connectivity index (χ2n) is 7.49. The minimum Gasteiger partial charge on any atom is -0.493 e. The van der Waals surface area contributed by atoms with Crippen LogP contribution in [0.4, 0.5) is 0 Å². The van der Waals surface area contributed by atoms with E-state index in [-0.39, 0.29) is 11.9 Å². The van der Waals surface area contributed by atoms with Crippen LogP contribution in [-0.2, 0) is 20.7 Å². The Morgan fingerprint density at radius 1 is 1.08 bits per heavy atom. The lowest BCUT2D eigenvalue weighted by Crippen LogP contribution is -2.28. The molecule has 1 aliphatic carbocycles. The molecule has 0 N–H and O–H groups in total. The van der Waals surface area contributed by atoms with E-state index in [2.05, 4.69) is 0 Å². The Morgan fingerprint density at radius 2 is 1.73 bits per heavy atom. The van der Waals surface area contributed by atoms with Gasteiger partial charge >= 0.3 is 5.97 Å². The third-order valence-corrected chi connectivity index (χ3v) is 4.68. The van der Waals surface area contributed by atoms with E-state index < -0.39 is 11.7 Å². The van der Waals surface area contributed by atoms with Crippen LogP contribution in [0.15, 0.2) is 6.07 Å². The molecule has 0 saturated carbocycles. The van der Waals surface area contributed by atoms with Gasteiger partial charge < -0.3 is 23.7 Å². The average Bonchev–Trinajstić information content (AvgIpc) is 2.61. The first-order valence-electron chi connectivity index (χ1n) is 8.84. The number of carbonyl (C=O) groups excluding carboxylic acids is 1. The predicted molar refractivity (Wildman–Crippen MR) is 98.1 cm³/mol. The van der Waals surface area contributed by atoms with Crippen LogP contribution in [0.5, 0.6) is 17.2 Å². The minimum absolute atomic E-state index is 0.0123. The van der Waals surface area contributed by atoms with Crippen molar-refractivity contribution in [3.05, 3.63) is 17.2 Å². The molecule has 6 nitrogen and oxygen atoms in total. The molecule has 146 valence electrons. The number of benzene rings is 1. The fourth-order valence-electron chi connectivity index (χ4n) is 3.35. The lowest BCUT2D eigenvalue weighted by atomic mass is 9.81. The Kier molecular flexibility index (Phi) is 6.53. The molecular weight excluding hydrogens is 336 g/mol. The number of fused-ring (bicyclic) bond motifs is 1. The van der Waals surface area contributed by atoms with E-state index in [1.165, 1.54) is 0 Å². The van der Waals surface area contributed by atoms with E-state index in [9.17, 15) is 4.79 Å². The molecule has 0 amide bonds. The molecule has 0 saturated heterocycles. The third-order valence-electron chi connectivity index (χ3n) is 4.68. The van der Waals surface area contributed by atoms with Crippen molar-refractivity contribution in [2.75, 3.05) is 28.4 Å². The van der Waals surface area contributed by atoms with Gasteiger partial charge in [0, 0.05) is 25.7 Å². The maximum atomic E-state index is 12.5. The van der Waals surface area contributed by atoms with Crippen LogP contribution in [0.2, 0.25) is 0 Å². The fourth-order valence-corrected chi connectivity index (χ4v) is 3.35. The lowest BCUT2D eigenvalue weighted by Gasteiger charge is -2.33. The minimum atomic E-state index is -0.646. The zero-order chi connectivity index (χ0) is 19.5. The van der Waals surface area contributed by atoms with E-state index >= 15 is 0 Å². The first-order chi connectivity index (χ1) is 12.3. The van der Waals surface area contributed by atoms with Gasteiger partial charge in [-0.1, -0.05) is 0 Å². The number of hydrogen-bond donors (Lipinski definition) is 0. The molecule has 1 aromatic carbocycles. The van der Waals surface area contributed by atoms with Crippen LogP contribution in [0.25, 0.3) is 0 Å². The molecule has 0 spiro atoms. The number of hydrogen-bond acceptors (Lipinski definition) is 6. The number of esters is 1. The van der Waals surface area contributed by atoms with Gasteiger partial charge in [-0.05, 0) is 51.7 Å². The molecule has 2 rings (SSSR count). The molecule has 6 heteroatoms. The Hall–Kier alpha value is -1.79. The molecule has 0 radical (unpaired) electrons. The fraction of sp³-hybridized carbons (Fsp3) is 0.650. The molecule has 0 fully saturated rings. The van der Waals surface area contributed by atoms with E-state index in [1.54, 1.807) is 49.2 Å². The average molecular weight is 366 g/mol. The van der Waals surface area contributed by atoms with Crippen LogP contribution < -0.4 is 14.2 Å². The monoisotopic (exact) mass is 366 g/mol. The van der Waals surface area contributed by atoms with Gasteiger partial charge in [0.05, 0.1) is 19.6 Å². The summed E-state index contributed by atoms with van der Waals surface area (Å²) in [4.78, 5) is 12.5. The van der Waals surface area contributed by atoms with Crippen LogP contribution >= 0.6 is 0 Å². The third kappa shape index (κ3) is 3.96. The van der Waals surface area contributed by atoms with Crippen LogP contribution in [-0.4, -0.2) is 40.7 Å². The molecule has 26 heavy (non-hydrogen) atoms. The van der Waals surface area contributed by atoms with Gasteiger partial charge in [-0.15, -0.1) is 0 Å². The van der Waals surface area contributed by atoms with Gasteiger partial charge in [0.1, 0.15) is 0 Å². The van der Waals surface area contributed by atoms with Crippen molar-refractivity contribution >= 4 is 5.97 Å². The van der Waals surface area contributed by atoms with Crippen molar-refractivity contribution in [3.8, 4) is 17.2 Å². The van der Waals surface area contributed by atoms with Crippen LogP contribution in [0.3, 0.4) is 0 Å². The maximum absolute atomic E-state index is 12.5. The van der Waals surface area contributed by atoms with Crippen molar-refractivity contribution < 1.29 is 28.5 Å². The normalized spacial score (nSPS) is 17.0. The van der Waals surface area contributed by atoms with Gasteiger partial charge in [0.15, 0.2) is 17.8 Å². The molecule has 1 aliphatic rings. The molecule has 1 atom stereocenters. The van der Waals surface area contributed by atoms with Crippen LogP contribution in [0.1, 0.15) is 50.7 Å². The second-order valence-corrected chi connectivity index (χ2v) is 7.49. The highest BCUT2D eigenvalue weighted by Crippen LogP contribution is 2.50. The molecule has 0 aromatic heterocycles. The van der Waals surface area contributed by atoms with Crippen molar-refractivity contribution in [1.29, 1.82) is 0 Å². The summed E-state index contributed by atoms with van der Waals surface area (Å²) in [6.07, 6.45) is 2.40. The van der Waals surface area contributed by atoms with E-state index in [0.717, 1.165) is 30.4 Å². The standard InChI is InChI=1S/C20H30O6/c1-20(2,3)19(21)26-16-14(22-4)11-12-9-8-10-13(18(24-6)25-7)15(12)17(16)23-5/h11,13,18H,8-10H2,1-7H3. The highest BCUT2D eigenvalue weighted by molar-refractivity contribution is 5.80. The van der Waals surface area contributed by atoms with Gasteiger partial charge in [-0.25, -0.2) is 0 Å². The smallest absolute Gasteiger partial charge is 0.316 e. The highest BCUT2D eigenvalue weighted by atomic mass is 16.7. The van der Waals surface area contributed by atoms with Gasteiger partial charge in [-0.3, -0.25) is 4.79 Å². The molecule has 0 bridgehead atoms. The van der Waals surface area contributed by atoms with Crippen molar-refractivity contribution in [2.24, 2.45) is 5.41 Å².